The zero-order valence-electron chi connectivity index (χ0n) is 12.4. The van der Waals surface area contributed by atoms with Crippen LogP contribution in [0.15, 0.2) is 48.5 Å². The van der Waals surface area contributed by atoms with Gasteiger partial charge in [-0.3, -0.25) is 0 Å². The number of nitrogens with zero attached hydrogens (tertiary/aromatic N) is 1. The second-order valence-corrected chi connectivity index (χ2v) is 7.56. The van der Waals surface area contributed by atoms with Gasteiger partial charge in [0.05, 0.1) is 15.7 Å². The molecule has 1 aliphatic rings. The second-order valence-electron chi connectivity index (χ2n) is 5.56. The molecule has 1 N–H and O–H groups in total. The molecule has 0 fully saturated rings. The maximum absolute atomic E-state index is 12.1. The average molecular weight is 280 g/mol. The Morgan fingerprint density at radius 3 is 2.58 bits per heavy atom. The first-order chi connectivity index (χ1) is 8.75. The van der Waals surface area contributed by atoms with E-state index in [1.807, 2.05) is 70.1 Å². The highest BCUT2D eigenvalue weighted by molar-refractivity contribution is 7.84. The minimum Gasteiger partial charge on any atom is -0.324 e. The van der Waals surface area contributed by atoms with Gasteiger partial charge in [-0.25, -0.2) is 8.93 Å². The smallest absolute Gasteiger partial charge is 0.0975 e. The van der Waals surface area contributed by atoms with Crippen LogP contribution in [0.1, 0.15) is 34.6 Å². The zero-order chi connectivity index (χ0) is 14.6. The lowest BCUT2D eigenvalue weighted by atomic mass is 10.1. The van der Waals surface area contributed by atoms with E-state index in [1.165, 1.54) is 0 Å². The summed E-state index contributed by atoms with van der Waals surface area (Å²) in [4.78, 5) is 1.97. The third kappa shape index (κ3) is 4.48. The van der Waals surface area contributed by atoms with Crippen molar-refractivity contribution in [3.05, 3.63) is 48.5 Å². The van der Waals surface area contributed by atoms with Crippen LogP contribution in [0.2, 0.25) is 0 Å². The monoisotopic (exact) mass is 280 g/mol. The molecular formula is C15H24N2OS. The number of hydrogen-bond acceptors (Lipinski definition) is 2. The molecule has 0 aromatic carbocycles. The van der Waals surface area contributed by atoms with E-state index in [-0.39, 0.29) is 10.8 Å². The number of rotatable bonds is 4. The van der Waals surface area contributed by atoms with Crippen molar-refractivity contribution in [2.24, 2.45) is 0 Å². The molecule has 1 heterocycles. The topological polar surface area (TPSA) is 32.3 Å². The highest BCUT2D eigenvalue weighted by Crippen LogP contribution is 2.19. The van der Waals surface area contributed by atoms with E-state index in [1.54, 1.807) is 0 Å². The van der Waals surface area contributed by atoms with Crippen LogP contribution < -0.4 is 4.72 Å². The Balaban J connectivity index is 2.80. The summed E-state index contributed by atoms with van der Waals surface area (Å²) in [5.41, 5.74) is 2.01. The Morgan fingerprint density at radius 1 is 1.42 bits per heavy atom. The summed E-state index contributed by atoms with van der Waals surface area (Å²) in [6.45, 7) is 13.8. The molecular weight excluding hydrogens is 256 g/mol. The standard InChI is InChI=1S/C15H24N2OS/c1-7-10-17-11-14(9-8-12(17)2)13(3)16-19(18)15(4,5)6/h7-11,13,16H,2H2,1,3-6H3/b10-7-. The van der Waals surface area contributed by atoms with E-state index in [4.69, 9.17) is 0 Å². The first kappa shape index (κ1) is 15.9. The molecule has 106 valence electrons. The van der Waals surface area contributed by atoms with Crippen LogP contribution in [0.4, 0.5) is 0 Å². The predicted molar refractivity (Wildman–Crippen MR) is 83.5 cm³/mol. The largest absolute Gasteiger partial charge is 0.324 e. The summed E-state index contributed by atoms with van der Waals surface area (Å²) in [6, 6.07) is 0.0252. The van der Waals surface area contributed by atoms with Crippen molar-refractivity contribution in [2.75, 3.05) is 0 Å². The van der Waals surface area contributed by atoms with Crippen molar-refractivity contribution in [2.45, 2.75) is 45.4 Å². The molecule has 2 unspecified atom stereocenters. The summed E-state index contributed by atoms with van der Waals surface area (Å²) >= 11 is 0. The van der Waals surface area contributed by atoms with E-state index in [0.717, 1.165) is 11.3 Å². The molecule has 1 aliphatic heterocycles. The molecule has 19 heavy (non-hydrogen) atoms. The first-order valence-corrected chi connectivity index (χ1v) is 7.58. The average Bonchev–Trinajstić information content (AvgIpc) is 2.30. The van der Waals surface area contributed by atoms with E-state index in [0.29, 0.717) is 0 Å². The van der Waals surface area contributed by atoms with Gasteiger partial charge in [0.15, 0.2) is 0 Å². The summed E-state index contributed by atoms with van der Waals surface area (Å²) in [5, 5.41) is 0. The maximum Gasteiger partial charge on any atom is 0.0975 e. The van der Waals surface area contributed by atoms with Crippen molar-refractivity contribution in [3.63, 3.8) is 0 Å². The van der Waals surface area contributed by atoms with Crippen LogP contribution in [0.5, 0.6) is 0 Å². The quantitative estimate of drug-likeness (QED) is 0.857. The molecule has 1 rings (SSSR count). The molecule has 0 saturated heterocycles. The molecule has 2 atom stereocenters. The van der Waals surface area contributed by atoms with Gasteiger partial charge in [-0.2, -0.15) is 0 Å². The molecule has 0 amide bonds. The molecule has 0 radical (unpaired) electrons. The molecule has 0 spiro atoms. The molecule has 4 heteroatoms. The number of allylic oxidation sites excluding steroid dienone is 2. The summed E-state index contributed by atoms with van der Waals surface area (Å²) in [7, 11) is -1.08. The molecule has 0 bridgehead atoms. The fraction of sp³-hybridized carbons (Fsp3) is 0.467. The van der Waals surface area contributed by atoms with E-state index >= 15 is 0 Å². The summed E-state index contributed by atoms with van der Waals surface area (Å²) in [5.74, 6) is 0. The van der Waals surface area contributed by atoms with Crippen molar-refractivity contribution >= 4 is 11.0 Å². The van der Waals surface area contributed by atoms with Crippen LogP contribution in [-0.4, -0.2) is 19.9 Å². The fourth-order valence-electron chi connectivity index (χ4n) is 1.53. The van der Waals surface area contributed by atoms with Crippen molar-refractivity contribution in [1.82, 2.24) is 9.62 Å². The SMILES string of the molecule is C=C1C=CC(C(C)NS(=O)C(C)(C)C)=CN1/C=C\C. The summed E-state index contributed by atoms with van der Waals surface area (Å²) < 4.78 is 15.0. The molecule has 0 aromatic rings. The van der Waals surface area contributed by atoms with Crippen LogP contribution in [-0.2, 0) is 11.0 Å². The van der Waals surface area contributed by atoms with Crippen molar-refractivity contribution in [1.29, 1.82) is 0 Å². The van der Waals surface area contributed by atoms with Crippen molar-refractivity contribution in [3.8, 4) is 0 Å². The Hall–Kier alpha value is -1.13. The number of hydrogen-bond donors (Lipinski definition) is 1. The van der Waals surface area contributed by atoms with Crippen LogP contribution in [0.3, 0.4) is 0 Å². The Kier molecular flexibility index (Phi) is 5.32. The third-order valence-electron chi connectivity index (χ3n) is 2.74. The van der Waals surface area contributed by atoms with Gasteiger partial charge >= 0.3 is 0 Å². The Labute approximate surface area is 119 Å². The van der Waals surface area contributed by atoms with Gasteiger partial charge in [-0.05, 0) is 46.3 Å². The van der Waals surface area contributed by atoms with Crippen LogP contribution in [0, 0.1) is 0 Å². The third-order valence-corrected chi connectivity index (χ3v) is 4.42. The van der Waals surface area contributed by atoms with E-state index in [2.05, 4.69) is 11.3 Å². The molecule has 0 saturated carbocycles. The second kappa shape index (κ2) is 6.35. The highest BCUT2D eigenvalue weighted by Gasteiger charge is 2.22. The lowest BCUT2D eigenvalue weighted by molar-refractivity contribution is 0.608. The normalized spacial score (nSPS) is 19.7. The minimum absolute atomic E-state index is 0.0252. The van der Waals surface area contributed by atoms with E-state index < -0.39 is 11.0 Å². The predicted octanol–water partition coefficient (Wildman–Crippen LogP) is 3.23. The van der Waals surface area contributed by atoms with Gasteiger partial charge < -0.3 is 4.90 Å². The van der Waals surface area contributed by atoms with Crippen LogP contribution in [0.25, 0.3) is 0 Å². The molecule has 0 aliphatic carbocycles. The van der Waals surface area contributed by atoms with Gasteiger partial charge in [0.25, 0.3) is 0 Å². The van der Waals surface area contributed by atoms with Gasteiger partial charge in [-0.1, -0.05) is 18.7 Å². The van der Waals surface area contributed by atoms with E-state index in [9.17, 15) is 4.21 Å². The van der Waals surface area contributed by atoms with Gasteiger partial charge in [0.1, 0.15) is 0 Å². The highest BCUT2D eigenvalue weighted by atomic mass is 32.2. The zero-order valence-corrected chi connectivity index (χ0v) is 13.3. The van der Waals surface area contributed by atoms with Crippen molar-refractivity contribution < 1.29 is 4.21 Å². The summed E-state index contributed by atoms with van der Waals surface area (Å²) in [6.07, 6.45) is 9.91. The fourth-order valence-corrected chi connectivity index (χ4v) is 2.34. The Bertz CT molecular complexity index is 455. The van der Waals surface area contributed by atoms with Crippen LogP contribution >= 0.6 is 0 Å². The molecule has 0 aromatic heterocycles. The van der Waals surface area contributed by atoms with Gasteiger partial charge in [0.2, 0.25) is 0 Å². The maximum atomic E-state index is 12.1. The lowest BCUT2D eigenvalue weighted by Crippen LogP contribution is -2.39. The van der Waals surface area contributed by atoms with Gasteiger partial charge in [0, 0.05) is 24.1 Å². The first-order valence-electron chi connectivity index (χ1n) is 6.43. The van der Waals surface area contributed by atoms with Gasteiger partial charge in [-0.15, -0.1) is 0 Å². The molecule has 3 nitrogen and oxygen atoms in total. The lowest BCUT2D eigenvalue weighted by Gasteiger charge is -2.26. The number of nitrogens with one attached hydrogen (secondary N) is 1. The Morgan fingerprint density at radius 2 is 2.05 bits per heavy atom. The minimum atomic E-state index is -1.08.